The van der Waals surface area contributed by atoms with E-state index in [1.165, 1.54) is 5.56 Å². The molecule has 1 atom stereocenters. The minimum absolute atomic E-state index is 0.190. The number of carboxylic acid groups (broad SMARTS) is 1. The zero-order valence-corrected chi connectivity index (χ0v) is 13.7. The molecule has 0 radical (unpaired) electrons. The Hall–Kier alpha value is -1.10. The Bertz CT molecular complexity index is 501. The number of rotatable bonds is 7. The van der Waals surface area contributed by atoms with Crippen molar-refractivity contribution in [2.45, 2.75) is 32.7 Å². The maximum Gasteiger partial charge on any atom is 0.308 e. The zero-order chi connectivity index (χ0) is 15.9. The quantitative estimate of drug-likeness (QED) is 0.808. The first-order valence-corrected chi connectivity index (χ1v) is 8.28. The molecule has 1 aromatic carbocycles. The summed E-state index contributed by atoms with van der Waals surface area (Å²) >= 11 is 6.26. The van der Waals surface area contributed by atoms with Crippen LogP contribution >= 0.6 is 11.6 Å². The van der Waals surface area contributed by atoms with Crippen LogP contribution in [0.15, 0.2) is 18.2 Å². The Kier molecular flexibility index (Phi) is 6.68. The Balaban J connectivity index is 1.94. The highest BCUT2D eigenvalue weighted by molar-refractivity contribution is 6.31. The standard InChI is InChI=1S/C17H24ClNO3/c1-2-12-4-3-5-16(18)14(12)10-19-11-15(17(20)21)13-6-8-22-9-7-13/h3-5,13,15,19H,2,6-11H2,1H3,(H,20,21). The average Bonchev–Trinajstić information content (AvgIpc) is 2.53. The van der Waals surface area contributed by atoms with Crippen LogP contribution in [-0.4, -0.2) is 30.8 Å². The molecule has 0 aliphatic carbocycles. The first-order chi connectivity index (χ1) is 10.6. The van der Waals surface area contributed by atoms with E-state index in [2.05, 4.69) is 18.3 Å². The van der Waals surface area contributed by atoms with E-state index in [1.54, 1.807) is 0 Å². The van der Waals surface area contributed by atoms with E-state index in [4.69, 9.17) is 16.3 Å². The summed E-state index contributed by atoms with van der Waals surface area (Å²) in [6, 6.07) is 5.90. The van der Waals surface area contributed by atoms with Gasteiger partial charge in [-0.1, -0.05) is 30.7 Å². The van der Waals surface area contributed by atoms with Crippen molar-refractivity contribution in [2.24, 2.45) is 11.8 Å². The van der Waals surface area contributed by atoms with E-state index in [1.807, 2.05) is 12.1 Å². The third kappa shape index (κ3) is 4.45. The fourth-order valence-electron chi connectivity index (χ4n) is 3.06. The van der Waals surface area contributed by atoms with Gasteiger partial charge in [-0.3, -0.25) is 4.79 Å². The van der Waals surface area contributed by atoms with E-state index < -0.39 is 5.97 Å². The second-order valence-electron chi connectivity index (χ2n) is 5.76. The van der Waals surface area contributed by atoms with Gasteiger partial charge in [-0.2, -0.15) is 0 Å². The van der Waals surface area contributed by atoms with Crippen LogP contribution in [-0.2, 0) is 22.5 Å². The van der Waals surface area contributed by atoms with Gasteiger partial charge >= 0.3 is 5.97 Å². The molecular weight excluding hydrogens is 302 g/mol. The maximum atomic E-state index is 11.5. The maximum absolute atomic E-state index is 11.5. The van der Waals surface area contributed by atoms with Gasteiger partial charge in [0.15, 0.2) is 0 Å². The van der Waals surface area contributed by atoms with E-state index in [9.17, 15) is 9.90 Å². The van der Waals surface area contributed by atoms with Crippen molar-refractivity contribution >= 4 is 17.6 Å². The molecule has 1 aromatic rings. The molecule has 1 saturated heterocycles. The van der Waals surface area contributed by atoms with Gasteiger partial charge in [0, 0.05) is 31.3 Å². The summed E-state index contributed by atoms with van der Waals surface area (Å²) in [6.45, 7) is 4.50. The van der Waals surface area contributed by atoms with Crippen LogP contribution < -0.4 is 5.32 Å². The van der Waals surface area contributed by atoms with Crippen molar-refractivity contribution in [3.63, 3.8) is 0 Å². The molecule has 22 heavy (non-hydrogen) atoms. The van der Waals surface area contributed by atoms with Crippen LogP contribution in [0.25, 0.3) is 0 Å². The molecule has 5 heteroatoms. The van der Waals surface area contributed by atoms with E-state index in [0.717, 1.165) is 29.8 Å². The lowest BCUT2D eigenvalue weighted by molar-refractivity contribution is -0.144. The van der Waals surface area contributed by atoms with E-state index in [0.29, 0.717) is 26.3 Å². The van der Waals surface area contributed by atoms with Gasteiger partial charge in [-0.25, -0.2) is 0 Å². The van der Waals surface area contributed by atoms with Crippen LogP contribution in [0.4, 0.5) is 0 Å². The van der Waals surface area contributed by atoms with E-state index >= 15 is 0 Å². The van der Waals surface area contributed by atoms with Crippen molar-refractivity contribution in [3.05, 3.63) is 34.3 Å². The van der Waals surface area contributed by atoms with Gasteiger partial charge in [0.25, 0.3) is 0 Å². The van der Waals surface area contributed by atoms with Crippen molar-refractivity contribution in [1.82, 2.24) is 5.32 Å². The second-order valence-corrected chi connectivity index (χ2v) is 6.16. The van der Waals surface area contributed by atoms with E-state index in [-0.39, 0.29) is 11.8 Å². The van der Waals surface area contributed by atoms with Crippen LogP contribution in [0.5, 0.6) is 0 Å². The predicted octanol–water partition coefficient (Wildman–Crippen LogP) is 3.12. The van der Waals surface area contributed by atoms with Crippen LogP contribution in [0.2, 0.25) is 5.02 Å². The lowest BCUT2D eigenvalue weighted by atomic mass is 9.86. The summed E-state index contributed by atoms with van der Waals surface area (Å²) in [6.07, 6.45) is 2.57. The highest BCUT2D eigenvalue weighted by atomic mass is 35.5. The number of hydrogen-bond donors (Lipinski definition) is 2. The first kappa shape index (κ1) is 17.3. The molecule has 1 aliphatic heterocycles. The van der Waals surface area contributed by atoms with Gasteiger partial charge in [0.2, 0.25) is 0 Å². The summed E-state index contributed by atoms with van der Waals surface area (Å²) in [5.41, 5.74) is 2.28. The smallest absolute Gasteiger partial charge is 0.308 e. The fourth-order valence-corrected chi connectivity index (χ4v) is 3.32. The monoisotopic (exact) mass is 325 g/mol. The van der Waals surface area contributed by atoms with Gasteiger partial charge in [0.05, 0.1) is 5.92 Å². The molecule has 0 bridgehead atoms. The molecule has 2 N–H and O–H groups in total. The zero-order valence-electron chi connectivity index (χ0n) is 13.0. The molecule has 2 rings (SSSR count). The summed E-state index contributed by atoms with van der Waals surface area (Å²) < 4.78 is 5.32. The number of aliphatic carboxylic acids is 1. The van der Waals surface area contributed by atoms with Crippen molar-refractivity contribution in [2.75, 3.05) is 19.8 Å². The molecule has 0 amide bonds. The third-order valence-electron chi connectivity index (χ3n) is 4.41. The minimum atomic E-state index is -0.728. The minimum Gasteiger partial charge on any atom is -0.481 e. The molecule has 1 fully saturated rings. The number of carbonyl (C=O) groups is 1. The molecular formula is C17H24ClNO3. The summed E-state index contributed by atoms with van der Waals surface area (Å²) in [5.74, 6) is -0.902. The number of hydrogen-bond acceptors (Lipinski definition) is 3. The highest BCUT2D eigenvalue weighted by Crippen LogP contribution is 2.24. The van der Waals surface area contributed by atoms with Gasteiger partial charge in [-0.05, 0) is 42.4 Å². The average molecular weight is 326 g/mol. The topological polar surface area (TPSA) is 58.6 Å². The molecule has 0 spiro atoms. The Morgan fingerprint density at radius 1 is 1.45 bits per heavy atom. The molecule has 1 heterocycles. The first-order valence-electron chi connectivity index (χ1n) is 7.91. The summed E-state index contributed by atoms with van der Waals surface area (Å²) in [4.78, 5) is 11.5. The SMILES string of the molecule is CCc1cccc(Cl)c1CNCC(C(=O)O)C1CCOCC1. The van der Waals surface area contributed by atoms with Crippen LogP contribution in [0.1, 0.15) is 30.9 Å². The van der Waals surface area contributed by atoms with Crippen LogP contribution in [0.3, 0.4) is 0 Å². The van der Waals surface area contributed by atoms with Crippen LogP contribution in [0, 0.1) is 11.8 Å². The molecule has 0 aromatic heterocycles. The summed E-state index contributed by atoms with van der Waals surface area (Å²) in [5, 5.41) is 13.5. The number of nitrogens with one attached hydrogen (secondary N) is 1. The van der Waals surface area contributed by atoms with Crippen molar-refractivity contribution in [1.29, 1.82) is 0 Å². The Morgan fingerprint density at radius 2 is 2.18 bits per heavy atom. The largest absolute Gasteiger partial charge is 0.481 e. The number of aryl methyl sites for hydroxylation is 1. The summed E-state index contributed by atoms with van der Waals surface area (Å²) in [7, 11) is 0. The lowest BCUT2D eigenvalue weighted by Gasteiger charge is -2.28. The van der Waals surface area contributed by atoms with Gasteiger partial charge in [-0.15, -0.1) is 0 Å². The van der Waals surface area contributed by atoms with Crippen molar-refractivity contribution < 1.29 is 14.6 Å². The molecule has 122 valence electrons. The molecule has 0 saturated carbocycles. The predicted molar refractivity (Wildman–Crippen MR) is 87.2 cm³/mol. The lowest BCUT2D eigenvalue weighted by Crippen LogP contribution is -2.36. The molecule has 1 aliphatic rings. The number of benzene rings is 1. The Morgan fingerprint density at radius 3 is 2.82 bits per heavy atom. The molecule has 4 nitrogen and oxygen atoms in total. The van der Waals surface area contributed by atoms with Gasteiger partial charge < -0.3 is 15.2 Å². The van der Waals surface area contributed by atoms with Crippen molar-refractivity contribution in [3.8, 4) is 0 Å². The third-order valence-corrected chi connectivity index (χ3v) is 4.77. The molecule has 1 unspecified atom stereocenters. The fraction of sp³-hybridized carbons (Fsp3) is 0.588. The Labute approximate surface area is 136 Å². The number of halogens is 1. The normalized spacial score (nSPS) is 17.4. The van der Waals surface area contributed by atoms with Gasteiger partial charge in [0.1, 0.15) is 0 Å². The second kappa shape index (κ2) is 8.51. The number of carboxylic acids is 1. The highest BCUT2D eigenvalue weighted by Gasteiger charge is 2.29. The number of ether oxygens (including phenoxy) is 1.